The molecule has 4 atom stereocenters. The molecule has 1 aromatic carbocycles. The van der Waals surface area contributed by atoms with E-state index in [9.17, 15) is 4.39 Å². The van der Waals surface area contributed by atoms with Crippen LogP contribution in [0.5, 0.6) is 0 Å². The molecule has 1 aliphatic heterocycles. The second-order valence-electron chi connectivity index (χ2n) is 4.74. The molecule has 4 heteroatoms. The number of nitrogens with one attached hydrogen (secondary N) is 1. The van der Waals surface area contributed by atoms with Crippen LogP contribution >= 0.6 is 23.5 Å². The molecule has 0 aliphatic carbocycles. The quantitative estimate of drug-likeness (QED) is 0.909. The summed E-state index contributed by atoms with van der Waals surface area (Å²) in [5, 5.41) is 5.21. The monoisotopic (exact) mass is 285 g/mol. The molecule has 1 aromatic rings. The number of hydrogen-bond donors (Lipinski definition) is 1. The van der Waals surface area contributed by atoms with Crippen LogP contribution in [-0.2, 0) is 0 Å². The smallest absolute Gasteiger partial charge is 0.123 e. The average molecular weight is 285 g/mol. The number of thioether (sulfide) groups is 2. The molecule has 2 rings (SSSR count). The Bertz CT molecular complexity index is 399. The lowest BCUT2D eigenvalue weighted by atomic mass is 10.0. The molecular formula is C14H20FNS2. The van der Waals surface area contributed by atoms with Gasteiger partial charge in [0.1, 0.15) is 5.82 Å². The normalized spacial score (nSPS) is 30.1. The standard InChI is InChI=1S/C14H20FNS2/c1-9-10(2)18-13(8-17-9)14(16-3)11-5-4-6-12(15)7-11/h4-7,9-10,13-14,16H,8H2,1-3H3. The van der Waals surface area contributed by atoms with Gasteiger partial charge in [-0.25, -0.2) is 4.39 Å². The van der Waals surface area contributed by atoms with Gasteiger partial charge >= 0.3 is 0 Å². The van der Waals surface area contributed by atoms with Crippen LogP contribution in [0.25, 0.3) is 0 Å². The lowest BCUT2D eigenvalue weighted by Gasteiger charge is -2.36. The van der Waals surface area contributed by atoms with Crippen molar-refractivity contribution in [1.82, 2.24) is 5.32 Å². The highest BCUT2D eigenvalue weighted by Gasteiger charge is 2.31. The molecule has 0 saturated carbocycles. The minimum Gasteiger partial charge on any atom is -0.312 e. The van der Waals surface area contributed by atoms with E-state index in [1.54, 1.807) is 12.1 Å². The zero-order chi connectivity index (χ0) is 13.1. The molecule has 0 bridgehead atoms. The molecule has 1 nitrogen and oxygen atoms in total. The highest BCUT2D eigenvalue weighted by Crippen LogP contribution is 2.40. The first kappa shape index (κ1) is 14.2. The topological polar surface area (TPSA) is 12.0 Å². The minimum atomic E-state index is -0.150. The van der Waals surface area contributed by atoms with Crippen molar-refractivity contribution < 1.29 is 4.39 Å². The second kappa shape index (κ2) is 6.31. The predicted octanol–water partition coefficient (Wildman–Crippen LogP) is 3.71. The Morgan fingerprint density at radius 1 is 1.33 bits per heavy atom. The van der Waals surface area contributed by atoms with E-state index in [1.165, 1.54) is 6.07 Å². The first-order chi connectivity index (χ1) is 8.61. The number of benzene rings is 1. The van der Waals surface area contributed by atoms with Gasteiger partial charge in [-0.1, -0.05) is 26.0 Å². The van der Waals surface area contributed by atoms with Crippen molar-refractivity contribution in [3.05, 3.63) is 35.6 Å². The summed E-state index contributed by atoms with van der Waals surface area (Å²) in [4.78, 5) is 0. The number of halogens is 1. The third kappa shape index (κ3) is 3.22. The third-order valence-electron chi connectivity index (χ3n) is 3.46. The van der Waals surface area contributed by atoms with Crippen molar-refractivity contribution >= 4 is 23.5 Å². The first-order valence-electron chi connectivity index (χ1n) is 6.31. The summed E-state index contributed by atoms with van der Waals surface area (Å²) in [6, 6.07) is 7.19. The van der Waals surface area contributed by atoms with Gasteiger partial charge in [-0.05, 0) is 24.7 Å². The third-order valence-corrected chi connectivity index (χ3v) is 6.96. The summed E-state index contributed by atoms with van der Waals surface area (Å²) in [6.07, 6.45) is 0. The zero-order valence-corrected chi connectivity index (χ0v) is 12.7. The van der Waals surface area contributed by atoms with Gasteiger partial charge in [0.2, 0.25) is 0 Å². The fourth-order valence-electron chi connectivity index (χ4n) is 2.25. The minimum absolute atomic E-state index is 0.150. The Labute approximate surface area is 117 Å². The van der Waals surface area contributed by atoms with Crippen molar-refractivity contribution in [1.29, 1.82) is 0 Å². The molecule has 1 heterocycles. The number of hydrogen-bond acceptors (Lipinski definition) is 3. The van der Waals surface area contributed by atoms with E-state index in [4.69, 9.17) is 0 Å². The van der Waals surface area contributed by atoms with Crippen molar-refractivity contribution in [2.24, 2.45) is 0 Å². The van der Waals surface area contributed by atoms with Crippen molar-refractivity contribution in [2.75, 3.05) is 12.8 Å². The van der Waals surface area contributed by atoms with Crippen LogP contribution < -0.4 is 5.32 Å². The van der Waals surface area contributed by atoms with E-state index < -0.39 is 0 Å². The van der Waals surface area contributed by atoms with E-state index in [0.29, 0.717) is 15.7 Å². The Morgan fingerprint density at radius 3 is 2.72 bits per heavy atom. The molecule has 0 aromatic heterocycles. The summed E-state index contributed by atoms with van der Waals surface area (Å²) in [7, 11) is 1.96. The largest absolute Gasteiger partial charge is 0.312 e. The Morgan fingerprint density at radius 2 is 2.11 bits per heavy atom. The van der Waals surface area contributed by atoms with Gasteiger partial charge < -0.3 is 5.32 Å². The van der Waals surface area contributed by atoms with E-state index in [2.05, 4.69) is 19.2 Å². The average Bonchev–Trinajstić information content (AvgIpc) is 2.35. The van der Waals surface area contributed by atoms with Gasteiger partial charge in [0, 0.05) is 27.5 Å². The fraction of sp³-hybridized carbons (Fsp3) is 0.571. The SMILES string of the molecule is CNC(c1cccc(F)c1)C1CSC(C)C(C)S1. The van der Waals surface area contributed by atoms with Crippen LogP contribution in [0.4, 0.5) is 4.39 Å². The predicted molar refractivity (Wildman–Crippen MR) is 81.0 cm³/mol. The van der Waals surface area contributed by atoms with E-state index in [1.807, 2.05) is 36.6 Å². The first-order valence-corrected chi connectivity index (χ1v) is 8.30. The highest BCUT2D eigenvalue weighted by atomic mass is 32.2. The molecule has 0 amide bonds. The summed E-state index contributed by atoms with van der Waals surface area (Å²) in [5.74, 6) is 0.973. The van der Waals surface area contributed by atoms with Crippen molar-refractivity contribution in [3.8, 4) is 0 Å². The number of rotatable bonds is 3. The Kier molecular flexibility index (Phi) is 4.98. The molecule has 1 saturated heterocycles. The lowest BCUT2D eigenvalue weighted by molar-refractivity contribution is 0.575. The molecule has 18 heavy (non-hydrogen) atoms. The van der Waals surface area contributed by atoms with Crippen LogP contribution in [0.1, 0.15) is 25.5 Å². The van der Waals surface area contributed by atoms with Crippen LogP contribution in [0.3, 0.4) is 0 Å². The summed E-state index contributed by atoms with van der Waals surface area (Å²) < 4.78 is 13.3. The molecular weight excluding hydrogens is 265 g/mol. The van der Waals surface area contributed by atoms with Gasteiger partial charge in [0.25, 0.3) is 0 Å². The highest BCUT2D eigenvalue weighted by molar-refractivity contribution is 8.07. The molecule has 1 N–H and O–H groups in total. The lowest BCUT2D eigenvalue weighted by Crippen LogP contribution is -2.35. The molecule has 100 valence electrons. The van der Waals surface area contributed by atoms with Crippen LogP contribution in [0, 0.1) is 5.82 Å². The van der Waals surface area contributed by atoms with E-state index >= 15 is 0 Å². The summed E-state index contributed by atoms with van der Waals surface area (Å²) in [6.45, 7) is 4.57. The van der Waals surface area contributed by atoms with E-state index in [-0.39, 0.29) is 11.9 Å². The van der Waals surface area contributed by atoms with Crippen molar-refractivity contribution in [3.63, 3.8) is 0 Å². The molecule has 1 fully saturated rings. The zero-order valence-electron chi connectivity index (χ0n) is 11.0. The second-order valence-corrected chi connectivity index (χ2v) is 7.77. The van der Waals surface area contributed by atoms with Gasteiger partial charge in [-0.15, -0.1) is 0 Å². The molecule has 0 spiro atoms. The maximum absolute atomic E-state index is 13.3. The fourth-order valence-corrected chi connectivity index (χ4v) is 5.41. The molecule has 1 aliphatic rings. The van der Waals surface area contributed by atoms with Gasteiger partial charge in [0.05, 0.1) is 0 Å². The Balaban J connectivity index is 2.14. The van der Waals surface area contributed by atoms with E-state index in [0.717, 1.165) is 11.3 Å². The molecule has 0 radical (unpaired) electrons. The maximum Gasteiger partial charge on any atom is 0.123 e. The van der Waals surface area contributed by atoms with Gasteiger partial charge in [-0.3, -0.25) is 0 Å². The summed E-state index contributed by atoms with van der Waals surface area (Å²) >= 11 is 4.04. The van der Waals surface area contributed by atoms with Gasteiger partial charge in [0.15, 0.2) is 0 Å². The van der Waals surface area contributed by atoms with Crippen LogP contribution in [0.2, 0.25) is 0 Å². The Hall–Kier alpha value is -0.190. The van der Waals surface area contributed by atoms with Gasteiger partial charge in [-0.2, -0.15) is 23.5 Å². The van der Waals surface area contributed by atoms with Crippen LogP contribution in [0.15, 0.2) is 24.3 Å². The maximum atomic E-state index is 13.3. The molecule has 4 unspecified atom stereocenters. The van der Waals surface area contributed by atoms with Crippen LogP contribution in [-0.4, -0.2) is 28.6 Å². The van der Waals surface area contributed by atoms with Crippen molar-refractivity contribution in [2.45, 2.75) is 35.6 Å². The summed E-state index contributed by atoms with van der Waals surface area (Å²) in [5.41, 5.74) is 1.05.